The fourth-order valence-corrected chi connectivity index (χ4v) is 1.60. The Balaban J connectivity index is 1.96. The summed E-state index contributed by atoms with van der Waals surface area (Å²) in [6.45, 7) is 1.97. The van der Waals surface area contributed by atoms with Crippen LogP contribution in [0.5, 0.6) is 5.75 Å². The number of furan rings is 1. The van der Waals surface area contributed by atoms with Crippen LogP contribution in [-0.4, -0.2) is 17.5 Å². The molecule has 1 aromatic carbocycles. The Bertz CT molecular complexity index is 620. The van der Waals surface area contributed by atoms with Crippen LogP contribution in [0.3, 0.4) is 0 Å². The molecule has 0 spiro atoms. The van der Waals surface area contributed by atoms with E-state index in [1.54, 1.807) is 43.3 Å². The molecule has 104 valence electrons. The highest BCUT2D eigenvalue weighted by Crippen LogP contribution is 2.17. The maximum Gasteiger partial charge on any atom is 0.291 e. The molecule has 3 N–H and O–H groups in total. The van der Waals surface area contributed by atoms with E-state index >= 15 is 0 Å². The first-order valence-corrected chi connectivity index (χ1v) is 6.34. The van der Waals surface area contributed by atoms with E-state index in [2.05, 4.69) is 5.32 Å². The number of amides is 1. The van der Waals surface area contributed by atoms with Crippen molar-refractivity contribution in [3.8, 4) is 5.75 Å². The number of ether oxygens (including phenoxy) is 1. The van der Waals surface area contributed by atoms with Crippen molar-refractivity contribution in [3.05, 3.63) is 47.9 Å². The Hall–Kier alpha value is -2.34. The van der Waals surface area contributed by atoms with Gasteiger partial charge >= 0.3 is 0 Å². The van der Waals surface area contributed by atoms with Gasteiger partial charge in [0, 0.05) is 5.69 Å². The lowest BCUT2D eigenvalue weighted by molar-refractivity contribution is 0.0995. The third kappa shape index (κ3) is 3.83. The smallest absolute Gasteiger partial charge is 0.291 e. The molecule has 0 aliphatic heterocycles. The topological polar surface area (TPSA) is 77.5 Å². The zero-order valence-corrected chi connectivity index (χ0v) is 11.7. The lowest BCUT2D eigenvalue weighted by Gasteiger charge is -2.07. The van der Waals surface area contributed by atoms with Crippen molar-refractivity contribution < 1.29 is 13.9 Å². The van der Waals surface area contributed by atoms with Gasteiger partial charge in [-0.2, -0.15) is 0 Å². The van der Waals surface area contributed by atoms with Gasteiger partial charge in [0.2, 0.25) is 0 Å². The largest absolute Gasteiger partial charge is 0.487 e. The van der Waals surface area contributed by atoms with Crippen molar-refractivity contribution in [1.29, 1.82) is 0 Å². The van der Waals surface area contributed by atoms with Crippen LogP contribution in [0, 0.1) is 6.92 Å². The van der Waals surface area contributed by atoms with E-state index in [1.165, 1.54) is 0 Å². The summed E-state index contributed by atoms with van der Waals surface area (Å²) in [7, 11) is 0. The van der Waals surface area contributed by atoms with Crippen molar-refractivity contribution in [2.75, 3.05) is 11.9 Å². The molecule has 1 amide bonds. The molecule has 0 fully saturated rings. The zero-order valence-electron chi connectivity index (χ0n) is 10.9. The van der Waals surface area contributed by atoms with Gasteiger partial charge in [-0.05, 0) is 43.3 Å². The van der Waals surface area contributed by atoms with Crippen LogP contribution in [0.15, 0.2) is 40.8 Å². The van der Waals surface area contributed by atoms with Crippen molar-refractivity contribution in [2.45, 2.75) is 6.92 Å². The number of benzene rings is 1. The van der Waals surface area contributed by atoms with Crippen LogP contribution in [-0.2, 0) is 0 Å². The van der Waals surface area contributed by atoms with Gasteiger partial charge in [0.15, 0.2) is 5.76 Å². The first-order chi connectivity index (χ1) is 9.54. The Morgan fingerprint density at radius 1 is 1.30 bits per heavy atom. The second kappa shape index (κ2) is 6.21. The SMILES string of the molecule is Cc1ccc(C(=O)Nc2ccc(OCC(N)=S)cc2)o1. The summed E-state index contributed by atoms with van der Waals surface area (Å²) in [5.41, 5.74) is 5.99. The molecule has 6 heteroatoms. The molecule has 1 aromatic heterocycles. The Labute approximate surface area is 121 Å². The highest BCUT2D eigenvalue weighted by Gasteiger charge is 2.10. The minimum absolute atomic E-state index is 0.187. The number of anilines is 1. The van der Waals surface area contributed by atoms with E-state index in [9.17, 15) is 4.79 Å². The van der Waals surface area contributed by atoms with Crippen molar-refractivity contribution in [1.82, 2.24) is 0 Å². The lowest BCUT2D eigenvalue weighted by atomic mass is 10.3. The summed E-state index contributed by atoms with van der Waals surface area (Å²) >= 11 is 4.72. The van der Waals surface area contributed by atoms with E-state index < -0.39 is 0 Å². The number of nitrogens with two attached hydrogens (primary N) is 1. The number of carbonyl (C=O) groups excluding carboxylic acids is 1. The van der Waals surface area contributed by atoms with Crippen LogP contribution in [0.25, 0.3) is 0 Å². The minimum Gasteiger partial charge on any atom is -0.487 e. The molecular weight excluding hydrogens is 276 g/mol. The van der Waals surface area contributed by atoms with Gasteiger partial charge < -0.3 is 20.2 Å². The number of hydrogen-bond donors (Lipinski definition) is 2. The molecule has 2 rings (SSSR count). The van der Waals surface area contributed by atoms with Gasteiger partial charge in [-0.3, -0.25) is 4.79 Å². The quantitative estimate of drug-likeness (QED) is 0.827. The highest BCUT2D eigenvalue weighted by atomic mass is 32.1. The summed E-state index contributed by atoms with van der Waals surface area (Å²) in [6.07, 6.45) is 0. The summed E-state index contributed by atoms with van der Waals surface area (Å²) in [4.78, 5) is 12.1. The number of hydrogen-bond acceptors (Lipinski definition) is 4. The molecule has 0 bridgehead atoms. The van der Waals surface area contributed by atoms with E-state index in [0.717, 1.165) is 0 Å². The standard InChI is InChI=1S/C14H14N2O3S/c1-9-2-7-12(19-9)14(17)16-10-3-5-11(6-4-10)18-8-13(15)20/h2-7H,8H2,1H3,(H2,15,20)(H,16,17). The molecule has 2 aromatic rings. The fraction of sp³-hybridized carbons (Fsp3) is 0.143. The second-order valence-corrected chi connectivity index (χ2v) is 4.67. The monoisotopic (exact) mass is 290 g/mol. The number of nitrogens with one attached hydrogen (secondary N) is 1. The van der Waals surface area contributed by atoms with Gasteiger partial charge in [-0.1, -0.05) is 12.2 Å². The predicted octanol–water partition coefficient (Wildman–Crippen LogP) is 2.51. The predicted molar refractivity (Wildman–Crippen MR) is 80.1 cm³/mol. The maximum atomic E-state index is 11.9. The van der Waals surface area contributed by atoms with E-state index in [4.69, 9.17) is 27.1 Å². The normalized spacial score (nSPS) is 10.1. The number of thiocarbonyl (C=S) groups is 1. The van der Waals surface area contributed by atoms with Crippen LogP contribution >= 0.6 is 12.2 Å². The average molecular weight is 290 g/mol. The highest BCUT2D eigenvalue weighted by molar-refractivity contribution is 7.80. The fourth-order valence-electron chi connectivity index (χ4n) is 1.54. The summed E-state index contributed by atoms with van der Waals surface area (Å²) in [6, 6.07) is 10.3. The van der Waals surface area contributed by atoms with Gasteiger partial charge in [0.05, 0.1) is 0 Å². The van der Waals surface area contributed by atoms with E-state index in [-0.39, 0.29) is 23.3 Å². The molecule has 20 heavy (non-hydrogen) atoms. The molecular formula is C14H14N2O3S. The molecule has 0 aliphatic carbocycles. The maximum absolute atomic E-state index is 11.9. The van der Waals surface area contributed by atoms with Gasteiger partial charge in [-0.15, -0.1) is 0 Å². The Kier molecular flexibility index (Phi) is 4.37. The summed E-state index contributed by atoms with van der Waals surface area (Å²) in [5.74, 6) is 1.30. The lowest BCUT2D eigenvalue weighted by Crippen LogP contribution is -2.17. The minimum atomic E-state index is -0.296. The van der Waals surface area contributed by atoms with Crippen LogP contribution in [0.2, 0.25) is 0 Å². The van der Waals surface area contributed by atoms with Crippen LogP contribution < -0.4 is 15.8 Å². The molecule has 0 aliphatic rings. The average Bonchev–Trinajstić information content (AvgIpc) is 2.85. The van der Waals surface area contributed by atoms with E-state index in [0.29, 0.717) is 17.2 Å². The third-order valence-electron chi connectivity index (χ3n) is 2.46. The van der Waals surface area contributed by atoms with E-state index in [1.807, 2.05) is 0 Å². The van der Waals surface area contributed by atoms with Gasteiger partial charge in [0.1, 0.15) is 23.1 Å². The van der Waals surface area contributed by atoms with Crippen LogP contribution in [0.4, 0.5) is 5.69 Å². The second-order valence-electron chi connectivity index (χ2n) is 4.14. The van der Waals surface area contributed by atoms with Gasteiger partial charge in [0.25, 0.3) is 5.91 Å². The summed E-state index contributed by atoms with van der Waals surface area (Å²) in [5, 5.41) is 2.72. The first-order valence-electron chi connectivity index (χ1n) is 5.93. The van der Waals surface area contributed by atoms with Crippen molar-refractivity contribution >= 4 is 28.8 Å². The Morgan fingerprint density at radius 3 is 2.55 bits per heavy atom. The number of aryl methyl sites for hydroxylation is 1. The molecule has 0 saturated carbocycles. The molecule has 5 nitrogen and oxygen atoms in total. The molecule has 0 radical (unpaired) electrons. The first kappa shape index (κ1) is 14.1. The van der Waals surface area contributed by atoms with Crippen molar-refractivity contribution in [2.24, 2.45) is 5.73 Å². The molecule has 0 atom stereocenters. The molecule has 0 saturated heterocycles. The molecule has 0 unspecified atom stereocenters. The summed E-state index contributed by atoms with van der Waals surface area (Å²) < 4.78 is 10.6. The third-order valence-corrected chi connectivity index (χ3v) is 2.58. The van der Waals surface area contributed by atoms with Crippen LogP contribution in [0.1, 0.15) is 16.3 Å². The molecule has 1 heterocycles. The zero-order chi connectivity index (χ0) is 14.5. The van der Waals surface area contributed by atoms with Crippen molar-refractivity contribution in [3.63, 3.8) is 0 Å². The number of rotatable bonds is 5. The Morgan fingerprint density at radius 2 is 2.00 bits per heavy atom. The van der Waals surface area contributed by atoms with Gasteiger partial charge in [-0.25, -0.2) is 0 Å². The number of carbonyl (C=O) groups is 1.